The first-order chi connectivity index (χ1) is 9.95. The first-order valence-corrected chi connectivity index (χ1v) is 8.41. The van der Waals surface area contributed by atoms with Crippen LogP contribution in [0.4, 0.5) is 5.69 Å². The van der Waals surface area contributed by atoms with Crippen molar-refractivity contribution in [3.05, 3.63) is 54.5 Å². The van der Waals surface area contributed by atoms with E-state index in [0.29, 0.717) is 15.8 Å². The van der Waals surface area contributed by atoms with Gasteiger partial charge in [-0.2, -0.15) is 0 Å². The highest BCUT2D eigenvalue weighted by Crippen LogP contribution is 2.27. The molecule has 0 aliphatic carbocycles. The molecule has 0 bridgehead atoms. The van der Waals surface area contributed by atoms with E-state index in [1.165, 1.54) is 0 Å². The SMILES string of the molecule is O=C(COc1ccc(Cl)cc1Cl)Nc1ccc(Br)cc1I. The molecule has 3 nitrogen and oxygen atoms in total. The topological polar surface area (TPSA) is 38.3 Å². The molecular formula is C14H9BrCl2INO2. The van der Waals surface area contributed by atoms with Crippen LogP contribution in [0.3, 0.4) is 0 Å². The van der Waals surface area contributed by atoms with Crippen molar-refractivity contribution in [2.45, 2.75) is 0 Å². The summed E-state index contributed by atoms with van der Waals surface area (Å²) >= 11 is 17.3. The number of ether oxygens (including phenoxy) is 1. The number of carbonyl (C=O) groups is 1. The van der Waals surface area contributed by atoms with Crippen LogP contribution in [0.5, 0.6) is 5.75 Å². The van der Waals surface area contributed by atoms with Crippen LogP contribution in [-0.4, -0.2) is 12.5 Å². The van der Waals surface area contributed by atoms with Gasteiger partial charge in [-0.15, -0.1) is 0 Å². The summed E-state index contributed by atoms with van der Waals surface area (Å²) in [6.45, 7) is -0.131. The number of benzene rings is 2. The minimum Gasteiger partial charge on any atom is -0.482 e. The molecule has 0 aromatic heterocycles. The summed E-state index contributed by atoms with van der Waals surface area (Å²) in [5.41, 5.74) is 0.731. The van der Waals surface area contributed by atoms with Crippen molar-refractivity contribution in [3.8, 4) is 5.75 Å². The van der Waals surface area contributed by atoms with Gasteiger partial charge < -0.3 is 10.1 Å². The fraction of sp³-hybridized carbons (Fsp3) is 0.0714. The quantitative estimate of drug-likeness (QED) is 0.573. The number of nitrogens with one attached hydrogen (secondary N) is 1. The molecule has 0 saturated heterocycles. The van der Waals surface area contributed by atoms with E-state index in [4.69, 9.17) is 27.9 Å². The molecule has 0 heterocycles. The molecule has 2 aromatic carbocycles. The smallest absolute Gasteiger partial charge is 0.262 e. The van der Waals surface area contributed by atoms with Gasteiger partial charge in [0.2, 0.25) is 0 Å². The molecule has 0 saturated carbocycles. The van der Waals surface area contributed by atoms with Crippen LogP contribution in [0.2, 0.25) is 10.0 Å². The zero-order chi connectivity index (χ0) is 15.4. The fourth-order valence-corrected chi connectivity index (χ4v) is 3.41. The van der Waals surface area contributed by atoms with Crippen molar-refractivity contribution in [2.24, 2.45) is 0 Å². The Morgan fingerprint density at radius 1 is 1.24 bits per heavy atom. The largest absolute Gasteiger partial charge is 0.482 e. The van der Waals surface area contributed by atoms with E-state index in [-0.39, 0.29) is 12.5 Å². The van der Waals surface area contributed by atoms with Gasteiger partial charge >= 0.3 is 0 Å². The molecule has 0 atom stereocenters. The van der Waals surface area contributed by atoms with Crippen molar-refractivity contribution in [3.63, 3.8) is 0 Å². The highest BCUT2D eigenvalue weighted by atomic mass is 127. The van der Waals surface area contributed by atoms with E-state index < -0.39 is 0 Å². The second-order valence-electron chi connectivity index (χ2n) is 4.04. The lowest BCUT2D eigenvalue weighted by Gasteiger charge is -2.10. The maximum absolute atomic E-state index is 11.9. The zero-order valence-corrected chi connectivity index (χ0v) is 15.8. The van der Waals surface area contributed by atoms with Gasteiger partial charge in [0.25, 0.3) is 5.91 Å². The maximum Gasteiger partial charge on any atom is 0.262 e. The monoisotopic (exact) mass is 499 g/mol. The Hall–Kier alpha value is -0.500. The molecule has 7 heteroatoms. The molecule has 1 amide bonds. The first-order valence-electron chi connectivity index (χ1n) is 5.78. The Bertz CT molecular complexity index is 682. The molecule has 0 aliphatic rings. The predicted molar refractivity (Wildman–Crippen MR) is 97.4 cm³/mol. The van der Waals surface area contributed by atoms with Crippen LogP contribution in [0.25, 0.3) is 0 Å². The summed E-state index contributed by atoms with van der Waals surface area (Å²) in [5, 5.41) is 3.66. The van der Waals surface area contributed by atoms with Gasteiger partial charge in [0, 0.05) is 13.1 Å². The van der Waals surface area contributed by atoms with Gasteiger partial charge in [0.1, 0.15) is 5.75 Å². The molecule has 0 radical (unpaired) electrons. The van der Waals surface area contributed by atoms with Crippen molar-refractivity contribution in [1.29, 1.82) is 0 Å². The van der Waals surface area contributed by atoms with E-state index in [2.05, 4.69) is 43.8 Å². The summed E-state index contributed by atoms with van der Waals surface area (Å²) < 4.78 is 7.26. The highest BCUT2D eigenvalue weighted by Gasteiger charge is 2.09. The van der Waals surface area contributed by atoms with E-state index in [9.17, 15) is 4.79 Å². The van der Waals surface area contributed by atoms with Crippen LogP contribution < -0.4 is 10.1 Å². The molecule has 110 valence electrons. The molecule has 0 aliphatic heterocycles. The predicted octanol–water partition coefficient (Wildman–Crippen LogP) is 5.38. The van der Waals surface area contributed by atoms with E-state index >= 15 is 0 Å². The van der Waals surface area contributed by atoms with Gasteiger partial charge in [-0.1, -0.05) is 39.1 Å². The maximum atomic E-state index is 11.9. The summed E-state index contributed by atoms with van der Waals surface area (Å²) in [4.78, 5) is 11.9. The normalized spacial score (nSPS) is 10.3. The second-order valence-corrected chi connectivity index (χ2v) is 6.96. The average molecular weight is 501 g/mol. The second kappa shape index (κ2) is 7.67. The van der Waals surface area contributed by atoms with E-state index in [1.54, 1.807) is 18.2 Å². The van der Waals surface area contributed by atoms with Crippen LogP contribution >= 0.6 is 61.7 Å². The highest BCUT2D eigenvalue weighted by molar-refractivity contribution is 14.1. The number of amides is 1. The number of rotatable bonds is 4. The summed E-state index contributed by atoms with van der Waals surface area (Å²) in [5.74, 6) is 0.156. The lowest BCUT2D eigenvalue weighted by molar-refractivity contribution is -0.118. The van der Waals surface area contributed by atoms with Crippen LogP contribution in [-0.2, 0) is 4.79 Å². The van der Waals surface area contributed by atoms with Gasteiger partial charge in [-0.25, -0.2) is 0 Å². The van der Waals surface area contributed by atoms with E-state index in [0.717, 1.165) is 13.7 Å². The summed E-state index contributed by atoms with van der Waals surface area (Å²) in [7, 11) is 0. The number of halogens is 4. The van der Waals surface area contributed by atoms with Gasteiger partial charge in [-0.05, 0) is 59.0 Å². The Labute approximate surface area is 154 Å². The lowest BCUT2D eigenvalue weighted by atomic mass is 10.3. The van der Waals surface area contributed by atoms with Gasteiger partial charge in [0.05, 0.1) is 10.7 Å². The number of anilines is 1. The van der Waals surface area contributed by atoms with Crippen molar-refractivity contribution in [1.82, 2.24) is 0 Å². The standard InChI is InChI=1S/C14H9BrCl2INO2/c15-8-1-3-12(11(18)5-8)19-14(20)7-21-13-4-2-9(16)6-10(13)17/h1-6H,7H2,(H,19,20). The van der Waals surface area contributed by atoms with Crippen molar-refractivity contribution < 1.29 is 9.53 Å². The number of hydrogen-bond donors (Lipinski definition) is 1. The molecule has 0 fully saturated rings. The third-order valence-electron chi connectivity index (χ3n) is 2.46. The Morgan fingerprint density at radius 2 is 2.00 bits per heavy atom. The molecule has 2 aromatic rings. The van der Waals surface area contributed by atoms with Crippen LogP contribution in [0, 0.1) is 3.57 Å². The average Bonchev–Trinajstić information content (AvgIpc) is 2.41. The summed E-state index contributed by atoms with van der Waals surface area (Å²) in [6, 6.07) is 10.4. The van der Waals surface area contributed by atoms with Crippen molar-refractivity contribution >= 4 is 73.3 Å². The molecule has 0 spiro atoms. The number of carbonyl (C=O) groups excluding carboxylic acids is 1. The zero-order valence-electron chi connectivity index (χ0n) is 10.5. The Balaban J connectivity index is 1.96. The third-order valence-corrected chi connectivity index (χ3v) is 4.37. The molecular weight excluding hydrogens is 492 g/mol. The first kappa shape index (κ1) is 16.9. The molecule has 2 rings (SSSR count). The Morgan fingerprint density at radius 3 is 2.67 bits per heavy atom. The minimum atomic E-state index is -0.263. The minimum absolute atomic E-state index is 0.131. The molecule has 0 unspecified atom stereocenters. The lowest BCUT2D eigenvalue weighted by Crippen LogP contribution is -2.20. The van der Waals surface area contributed by atoms with Gasteiger partial charge in [-0.3, -0.25) is 4.79 Å². The summed E-state index contributed by atoms with van der Waals surface area (Å²) in [6.07, 6.45) is 0. The van der Waals surface area contributed by atoms with Crippen LogP contribution in [0.15, 0.2) is 40.9 Å². The van der Waals surface area contributed by atoms with Gasteiger partial charge in [0.15, 0.2) is 6.61 Å². The van der Waals surface area contributed by atoms with Crippen molar-refractivity contribution in [2.75, 3.05) is 11.9 Å². The number of hydrogen-bond acceptors (Lipinski definition) is 2. The van der Waals surface area contributed by atoms with E-state index in [1.807, 2.05) is 18.2 Å². The fourth-order valence-electron chi connectivity index (χ4n) is 1.51. The molecule has 1 N–H and O–H groups in total. The Kier molecular flexibility index (Phi) is 6.16. The van der Waals surface area contributed by atoms with Crippen LogP contribution in [0.1, 0.15) is 0 Å². The molecule has 21 heavy (non-hydrogen) atoms. The third kappa shape index (κ3) is 5.02.